The number of rotatable bonds is 4. The van der Waals surface area contributed by atoms with Crippen molar-refractivity contribution in [3.63, 3.8) is 0 Å². The molecular weight excluding hydrogens is 364 g/mol. The zero-order valence-electron chi connectivity index (χ0n) is 14.9. The van der Waals surface area contributed by atoms with E-state index in [1.807, 2.05) is 24.3 Å². The Morgan fingerprint density at radius 1 is 1.30 bits per heavy atom. The summed E-state index contributed by atoms with van der Waals surface area (Å²) in [5.41, 5.74) is 6.94. The van der Waals surface area contributed by atoms with E-state index in [0.717, 1.165) is 34.7 Å². The predicted octanol–water partition coefficient (Wildman–Crippen LogP) is -0.270. The molecule has 2 aliphatic heterocycles. The average molecular weight is 388 g/mol. The number of morpholine rings is 1. The number of para-hydroxylation sites is 1. The molecule has 2 saturated heterocycles. The molecule has 1 aromatic carbocycles. The molecule has 27 heavy (non-hydrogen) atoms. The van der Waals surface area contributed by atoms with Gasteiger partial charge in [-0.1, -0.05) is 12.1 Å². The molecule has 5 atom stereocenters. The van der Waals surface area contributed by atoms with Gasteiger partial charge in [-0.25, -0.2) is 4.98 Å². The third-order valence-corrected chi connectivity index (χ3v) is 6.57. The van der Waals surface area contributed by atoms with E-state index in [9.17, 15) is 4.79 Å². The summed E-state index contributed by atoms with van der Waals surface area (Å²) in [4.78, 5) is 20.0. The molecule has 0 spiro atoms. The Morgan fingerprint density at radius 2 is 2.07 bits per heavy atom. The topological polar surface area (TPSA) is 105 Å². The predicted molar refractivity (Wildman–Crippen MR) is 103 cm³/mol. The number of fused-ring (bicyclic) bond motifs is 1. The molecule has 2 aromatic rings. The number of amides is 1. The molecule has 3 heterocycles. The lowest BCUT2D eigenvalue weighted by molar-refractivity contribution is -0.131. The largest absolute Gasteiger partial charge is 0.379 e. The van der Waals surface area contributed by atoms with Gasteiger partial charge in [-0.05, 0) is 18.6 Å². The molecule has 3 aliphatic rings. The van der Waals surface area contributed by atoms with Gasteiger partial charge >= 0.3 is 0 Å². The quantitative estimate of drug-likeness (QED) is 0.572. The van der Waals surface area contributed by atoms with Crippen LogP contribution in [0.25, 0.3) is 10.2 Å². The lowest BCUT2D eigenvalue weighted by Gasteiger charge is -2.43. The molecule has 3 fully saturated rings. The van der Waals surface area contributed by atoms with Crippen LogP contribution in [0.1, 0.15) is 17.3 Å². The Morgan fingerprint density at radius 3 is 2.81 bits per heavy atom. The number of hydrogen-bond donors (Lipinski definition) is 4. The molecule has 1 amide bonds. The van der Waals surface area contributed by atoms with Gasteiger partial charge < -0.3 is 15.8 Å². The molecule has 3 unspecified atom stereocenters. The summed E-state index contributed by atoms with van der Waals surface area (Å²) in [6.45, 7) is 2.95. The Bertz CT molecular complexity index is 805. The molecular formula is C18H24N6O2S. The van der Waals surface area contributed by atoms with Crippen LogP contribution in [0.2, 0.25) is 0 Å². The Hall–Kier alpha value is -1.62. The second-order valence-corrected chi connectivity index (χ2v) is 8.44. The number of aromatic nitrogens is 1. The molecule has 0 radical (unpaired) electrons. The fraction of sp³-hybridized carbons (Fsp3) is 0.556. The van der Waals surface area contributed by atoms with Gasteiger partial charge in [-0.2, -0.15) is 0 Å². The number of nitrogens with one attached hydrogen (secondary N) is 3. The van der Waals surface area contributed by atoms with Crippen molar-refractivity contribution in [2.45, 2.75) is 36.9 Å². The Balaban J connectivity index is 1.42. The maximum absolute atomic E-state index is 13.1. The van der Waals surface area contributed by atoms with Crippen LogP contribution in [0, 0.1) is 0 Å². The minimum atomic E-state index is -0.382. The van der Waals surface area contributed by atoms with Crippen LogP contribution in [0.4, 0.5) is 0 Å². The van der Waals surface area contributed by atoms with Gasteiger partial charge in [0.25, 0.3) is 0 Å². The number of carbonyl (C=O) groups is 1. The highest BCUT2D eigenvalue weighted by atomic mass is 32.1. The minimum Gasteiger partial charge on any atom is -0.379 e. The van der Waals surface area contributed by atoms with Crippen molar-refractivity contribution in [2.75, 3.05) is 26.3 Å². The summed E-state index contributed by atoms with van der Waals surface area (Å²) in [6.07, 6.45) is 0.527. The van der Waals surface area contributed by atoms with E-state index in [-0.39, 0.29) is 36.4 Å². The second kappa shape index (κ2) is 7.08. The molecule has 5 rings (SSSR count). The lowest BCUT2D eigenvalue weighted by Crippen LogP contribution is -2.70. The third kappa shape index (κ3) is 3.46. The van der Waals surface area contributed by atoms with Crippen molar-refractivity contribution in [1.82, 2.24) is 25.8 Å². The van der Waals surface area contributed by atoms with Crippen LogP contribution in [0.15, 0.2) is 24.3 Å². The number of nitrogens with two attached hydrogens (primary N) is 1. The summed E-state index contributed by atoms with van der Waals surface area (Å²) in [5.74, 6) is -0.386. The number of benzene rings is 1. The van der Waals surface area contributed by atoms with Gasteiger partial charge in [0.2, 0.25) is 5.91 Å². The molecule has 5 N–H and O–H groups in total. The summed E-state index contributed by atoms with van der Waals surface area (Å²) in [5, 5.41) is 11.1. The summed E-state index contributed by atoms with van der Waals surface area (Å²) in [6, 6.07) is 8.40. The summed E-state index contributed by atoms with van der Waals surface area (Å²) < 4.78 is 6.53. The average Bonchev–Trinajstić information content (AvgIpc) is 3.21. The zero-order chi connectivity index (χ0) is 18.4. The first-order valence-electron chi connectivity index (χ1n) is 9.44. The fourth-order valence-electron chi connectivity index (χ4n) is 3.78. The SMILES string of the molecule is N[C@H]1C[C@H]1NC1NC(N2CCOCC2)NC(=O)C1c1nc2ccccc2s1. The van der Waals surface area contributed by atoms with Crippen molar-refractivity contribution in [2.24, 2.45) is 5.73 Å². The van der Waals surface area contributed by atoms with E-state index in [2.05, 4.69) is 20.9 Å². The van der Waals surface area contributed by atoms with Crippen LogP contribution < -0.4 is 21.7 Å². The number of carbonyl (C=O) groups excluding carboxylic acids is 1. The molecule has 1 aliphatic carbocycles. The maximum atomic E-state index is 13.1. The third-order valence-electron chi connectivity index (χ3n) is 5.45. The number of ether oxygens (including phenoxy) is 1. The smallest absolute Gasteiger partial charge is 0.235 e. The van der Waals surface area contributed by atoms with Crippen molar-refractivity contribution in [3.05, 3.63) is 29.3 Å². The molecule has 1 aromatic heterocycles. The molecule has 0 bridgehead atoms. The normalized spacial score (nSPS) is 34.6. The standard InChI is InChI=1S/C18H24N6O2S/c19-10-9-12(10)20-15-14(17-21-11-3-1-2-4-13(11)27-17)16(25)23-18(22-15)24-5-7-26-8-6-24/h1-4,10,12,14-15,18,20,22H,5-9,19H2,(H,23,25)/t10-,12+,14?,15?,18?/m0/s1. The van der Waals surface area contributed by atoms with Crippen LogP contribution in [0.5, 0.6) is 0 Å². The number of thiazole rings is 1. The van der Waals surface area contributed by atoms with Crippen LogP contribution >= 0.6 is 11.3 Å². The first-order chi connectivity index (χ1) is 13.2. The summed E-state index contributed by atoms with van der Waals surface area (Å²) >= 11 is 1.58. The van der Waals surface area contributed by atoms with E-state index >= 15 is 0 Å². The van der Waals surface area contributed by atoms with Crippen molar-refractivity contribution < 1.29 is 9.53 Å². The van der Waals surface area contributed by atoms with E-state index in [0.29, 0.717) is 13.2 Å². The van der Waals surface area contributed by atoms with Crippen molar-refractivity contribution in [1.29, 1.82) is 0 Å². The van der Waals surface area contributed by atoms with E-state index in [4.69, 9.17) is 15.5 Å². The maximum Gasteiger partial charge on any atom is 0.235 e. The van der Waals surface area contributed by atoms with Gasteiger partial charge in [0.15, 0.2) is 0 Å². The highest BCUT2D eigenvalue weighted by Gasteiger charge is 2.45. The first-order valence-corrected chi connectivity index (χ1v) is 10.3. The highest BCUT2D eigenvalue weighted by molar-refractivity contribution is 7.18. The summed E-state index contributed by atoms with van der Waals surface area (Å²) in [7, 11) is 0. The van der Waals surface area contributed by atoms with Gasteiger partial charge in [0.1, 0.15) is 17.2 Å². The fourth-order valence-corrected chi connectivity index (χ4v) is 4.88. The van der Waals surface area contributed by atoms with Gasteiger partial charge in [-0.15, -0.1) is 11.3 Å². The zero-order valence-corrected chi connectivity index (χ0v) is 15.7. The van der Waals surface area contributed by atoms with Gasteiger partial charge in [-0.3, -0.25) is 20.3 Å². The second-order valence-electron chi connectivity index (χ2n) is 7.37. The monoisotopic (exact) mass is 388 g/mol. The van der Waals surface area contributed by atoms with Crippen LogP contribution in [0.3, 0.4) is 0 Å². The van der Waals surface area contributed by atoms with E-state index in [1.54, 1.807) is 11.3 Å². The van der Waals surface area contributed by atoms with Crippen LogP contribution in [-0.4, -0.2) is 66.6 Å². The lowest BCUT2D eigenvalue weighted by atomic mass is 10.0. The van der Waals surface area contributed by atoms with Crippen LogP contribution in [-0.2, 0) is 9.53 Å². The number of nitrogens with zero attached hydrogens (tertiary/aromatic N) is 2. The Labute approximate surface area is 161 Å². The van der Waals surface area contributed by atoms with Gasteiger partial charge in [0.05, 0.1) is 29.6 Å². The molecule has 144 valence electrons. The highest BCUT2D eigenvalue weighted by Crippen LogP contribution is 2.32. The molecule has 8 nitrogen and oxygen atoms in total. The molecule has 9 heteroatoms. The molecule has 1 saturated carbocycles. The van der Waals surface area contributed by atoms with Gasteiger partial charge in [0, 0.05) is 25.2 Å². The minimum absolute atomic E-state index is 0.00369. The van der Waals surface area contributed by atoms with Crippen molar-refractivity contribution in [3.8, 4) is 0 Å². The Kier molecular flexibility index (Phi) is 4.58. The first kappa shape index (κ1) is 17.5. The van der Waals surface area contributed by atoms with E-state index in [1.165, 1.54) is 0 Å². The van der Waals surface area contributed by atoms with E-state index < -0.39 is 0 Å². The number of hydrogen-bond acceptors (Lipinski definition) is 8. The van der Waals surface area contributed by atoms with Crippen molar-refractivity contribution >= 4 is 27.5 Å².